The van der Waals surface area contributed by atoms with Crippen molar-refractivity contribution in [3.8, 4) is 0 Å². The van der Waals surface area contributed by atoms with Crippen molar-refractivity contribution < 1.29 is 4.74 Å². The summed E-state index contributed by atoms with van der Waals surface area (Å²) in [5, 5.41) is 0. The van der Waals surface area contributed by atoms with Crippen LogP contribution in [0.2, 0.25) is 0 Å². The van der Waals surface area contributed by atoms with Crippen molar-refractivity contribution in [2.45, 2.75) is 18.9 Å². The minimum Gasteiger partial charge on any atom is -0.397 e. The number of anilines is 2. The molecule has 0 unspecified atom stereocenters. The van der Waals surface area contributed by atoms with Crippen LogP contribution in [0.4, 0.5) is 11.4 Å². The summed E-state index contributed by atoms with van der Waals surface area (Å²) in [6.45, 7) is 1.87. The lowest BCUT2D eigenvalue weighted by Crippen LogP contribution is -2.33. The van der Waals surface area contributed by atoms with Crippen molar-refractivity contribution >= 4 is 11.4 Å². The zero-order valence-corrected chi connectivity index (χ0v) is 9.15. The van der Waals surface area contributed by atoms with Crippen LogP contribution in [0.15, 0.2) is 24.3 Å². The Balaban J connectivity index is 2.19. The standard InChI is InChI=1S/C12H18N2O/c1-15-9-10-5-4-8-14(10)12-7-3-2-6-11(12)13/h2-3,6-7,10H,4-5,8-9,13H2,1H3/t10-/m0/s1. The number of benzene rings is 1. The lowest BCUT2D eigenvalue weighted by Gasteiger charge is -2.27. The Morgan fingerprint density at radius 1 is 1.47 bits per heavy atom. The molecule has 15 heavy (non-hydrogen) atoms. The number of nitrogen functional groups attached to an aromatic ring is 1. The fraction of sp³-hybridized carbons (Fsp3) is 0.500. The first-order valence-electron chi connectivity index (χ1n) is 5.43. The van der Waals surface area contributed by atoms with Crippen LogP contribution in [0.25, 0.3) is 0 Å². The Kier molecular flexibility index (Phi) is 3.11. The van der Waals surface area contributed by atoms with E-state index in [-0.39, 0.29) is 0 Å². The Morgan fingerprint density at radius 2 is 2.27 bits per heavy atom. The van der Waals surface area contributed by atoms with E-state index in [2.05, 4.69) is 11.0 Å². The molecule has 0 saturated carbocycles. The van der Waals surface area contributed by atoms with Gasteiger partial charge in [-0.2, -0.15) is 0 Å². The topological polar surface area (TPSA) is 38.5 Å². The third-order valence-electron chi connectivity index (χ3n) is 2.98. The summed E-state index contributed by atoms with van der Waals surface area (Å²) in [6.07, 6.45) is 2.42. The minimum atomic E-state index is 0.486. The predicted molar refractivity (Wildman–Crippen MR) is 63.1 cm³/mol. The second kappa shape index (κ2) is 4.53. The van der Waals surface area contributed by atoms with E-state index in [1.54, 1.807) is 7.11 Å². The summed E-state index contributed by atoms with van der Waals surface area (Å²) in [6, 6.07) is 8.54. The lowest BCUT2D eigenvalue weighted by atomic mass is 10.2. The fourth-order valence-corrected chi connectivity index (χ4v) is 2.27. The monoisotopic (exact) mass is 206 g/mol. The molecular weight excluding hydrogens is 188 g/mol. The van der Waals surface area contributed by atoms with Gasteiger partial charge in [0.05, 0.1) is 24.0 Å². The molecule has 1 aromatic carbocycles. The van der Waals surface area contributed by atoms with Crippen molar-refractivity contribution in [1.29, 1.82) is 0 Å². The maximum atomic E-state index is 5.98. The van der Waals surface area contributed by atoms with Crippen molar-refractivity contribution in [2.75, 3.05) is 30.9 Å². The van der Waals surface area contributed by atoms with Gasteiger partial charge in [-0.15, -0.1) is 0 Å². The molecule has 0 amide bonds. The molecule has 0 aliphatic carbocycles. The molecule has 3 nitrogen and oxygen atoms in total. The second-order valence-electron chi connectivity index (χ2n) is 4.00. The summed E-state index contributed by atoms with van der Waals surface area (Å²) in [5.41, 5.74) is 7.99. The van der Waals surface area contributed by atoms with Crippen LogP contribution in [-0.2, 0) is 4.74 Å². The first-order chi connectivity index (χ1) is 7.33. The number of nitrogens with two attached hydrogens (primary N) is 1. The highest BCUT2D eigenvalue weighted by Gasteiger charge is 2.25. The number of hydrogen-bond acceptors (Lipinski definition) is 3. The molecule has 1 atom stereocenters. The number of hydrogen-bond donors (Lipinski definition) is 1. The highest BCUT2D eigenvalue weighted by Crippen LogP contribution is 2.29. The molecule has 1 aliphatic rings. The number of nitrogens with zero attached hydrogens (tertiary/aromatic N) is 1. The van der Waals surface area contributed by atoms with Crippen LogP contribution in [-0.4, -0.2) is 26.3 Å². The van der Waals surface area contributed by atoms with E-state index in [1.165, 1.54) is 12.8 Å². The van der Waals surface area contributed by atoms with Crippen LogP contribution in [0, 0.1) is 0 Å². The Bertz CT molecular complexity index is 327. The van der Waals surface area contributed by atoms with Gasteiger partial charge >= 0.3 is 0 Å². The third kappa shape index (κ3) is 2.07. The average molecular weight is 206 g/mol. The smallest absolute Gasteiger partial charge is 0.0666 e. The first kappa shape index (κ1) is 10.3. The SMILES string of the molecule is COC[C@@H]1CCCN1c1ccccc1N. The number of rotatable bonds is 3. The van der Waals surface area contributed by atoms with E-state index in [0.717, 1.165) is 24.5 Å². The van der Waals surface area contributed by atoms with Gasteiger partial charge in [0.15, 0.2) is 0 Å². The minimum absolute atomic E-state index is 0.486. The normalized spacial score (nSPS) is 20.9. The number of ether oxygens (including phenoxy) is 1. The molecule has 2 N–H and O–H groups in total. The maximum absolute atomic E-state index is 5.98. The average Bonchev–Trinajstić information content (AvgIpc) is 2.67. The van der Waals surface area contributed by atoms with Gasteiger partial charge in [-0.1, -0.05) is 12.1 Å². The molecule has 1 saturated heterocycles. The van der Waals surface area contributed by atoms with E-state index in [9.17, 15) is 0 Å². The van der Waals surface area contributed by atoms with E-state index < -0.39 is 0 Å². The number of methoxy groups -OCH3 is 1. The summed E-state index contributed by atoms with van der Waals surface area (Å²) >= 11 is 0. The molecule has 0 spiro atoms. The molecular formula is C12H18N2O. The summed E-state index contributed by atoms with van der Waals surface area (Å²) < 4.78 is 5.23. The molecule has 1 fully saturated rings. The van der Waals surface area contributed by atoms with Crippen molar-refractivity contribution in [3.05, 3.63) is 24.3 Å². The van der Waals surface area contributed by atoms with Gasteiger partial charge in [-0.25, -0.2) is 0 Å². The Hall–Kier alpha value is -1.22. The molecule has 0 bridgehead atoms. The number of para-hydroxylation sites is 2. The van der Waals surface area contributed by atoms with Gasteiger partial charge in [0.25, 0.3) is 0 Å². The highest BCUT2D eigenvalue weighted by atomic mass is 16.5. The highest BCUT2D eigenvalue weighted by molar-refractivity contribution is 5.68. The molecule has 2 rings (SSSR count). The maximum Gasteiger partial charge on any atom is 0.0666 e. The fourth-order valence-electron chi connectivity index (χ4n) is 2.27. The van der Waals surface area contributed by atoms with Crippen LogP contribution >= 0.6 is 0 Å². The van der Waals surface area contributed by atoms with E-state index in [4.69, 9.17) is 10.5 Å². The van der Waals surface area contributed by atoms with Crippen molar-refractivity contribution in [1.82, 2.24) is 0 Å². The van der Waals surface area contributed by atoms with Crippen LogP contribution in [0.3, 0.4) is 0 Å². The predicted octanol–water partition coefficient (Wildman–Crippen LogP) is 1.88. The quantitative estimate of drug-likeness (QED) is 0.767. The Morgan fingerprint density at radius 3 is 3.00 bits per heavy atom. The van der Waals surface area contributed by atoms with E-state index >= 15 is 0 Å². The molecule has 1 aliphatic heterocycles. The zero-order valence-electron chi connectivity index (χ0n) is 9.15. The molecule has 0 aromatic heterocycles. The van der Waals surface area contributed by atoms with Crippen molar-refractivity contribution in [2.24, 2.45) is 0 Å². The van der Waals surface area contributed by atoms with Crippen LogP contribution in [0.5, 0.6) is 0 Å². The molecule has 1 aromatic rings. The second-order valence-corrected chi connectivity index (χ2v) is 4.00. The van der Waals surface area contributed by atoms with Crippen molar-refractivity contribution in [3.63, 3.8) is 0 Å². The Labute approximate surface area is 90.8 Å². The van der Waals surface area contributed by atoms with Gasteiger partial charge in [0, 0.05) is 13.7 Å². The zero-order chi connectivity index (χ0) is 10.7. The van der Waals surface area contributed by atoms with Crippen LogP contribution < -0.4 is 10.6 Å². The lowest BCUT2D eigenvalue weighted by molar-refractivity contribution is 0.181. The molecule has 3 heteroatoms. The van der Waals surface area contributed by atoms with Gasteiger partial charge in [-0.05, 0) is 25.0 Å². The summed E-state index contributed by atoms with van der Waals surface area (Å²) in [7, 11) is 1.75. The van der Waals surface area contributed by atoms with E-state index in [1.807, 2.05) is 18.2 Å². The summed E-state index contributed by atoms with van der Waals surface area (Å²) in [5.74, 6) is 0. The van der Waals surface area contributed by atoms with Gasteiger partial charge in [0.1, 0.15) is 0 Å². The van der Waals surface area contributed by atoms with Crippen LogP contribution in [0.1, 0.15) is 12.8 Å². The molecule has 82 valence electrons. The summed E-state index contributed by atoms with van der Waals surface area (Å²) in [4.78, 5) is 2.36. The van der Waals surface area contributed by atoms with Gasteiger partial charge in [0.2, 0.25) is 0 Å². The third-order valence-corrected chi connectivity index (χ3v) is 2.98. The molecule has 0 radical (unpaired) electrons. The largest absolute Gasteiger partial charge is 0.397 e. The van der Waals surface area contributed by atoms with Gasteiger partial charge in [-0.3, -0.25) is 0 Å². The molecule has 1 heterocycles. The van der Waals surface area contributed by atoms with E-state index in [0.29, 0.717) is 6.04 Å². The first-order valence-corrected chi connectivity index (χ1v) is 5.43. The van der Waals surface area contributed by atoms with Gasteiger partial charge < -0.3 is 15.4 Å².